The van der Waals surface area contributed by atoms with E-state index in [1.54, 1.807) is 22.9 Å². The van der Waals surface area contributed by atoms with Crippen LogP contribution in [0.3, 0.4) is 0 Å². The summed E-state index contributed by atoms with van der Waals surface area (Å²) in [5, 5.41) is 14.9. The van der Waals surface area contributed by atoms with Crippen LogP contribution in [-0.2, 0) is 4.79 Å². The fourth-order valence-corrected chi connectivity index (χ4v) is 3.48. The van der Waals surface area contributed by atoms with E-state index in [2.05, 4.69) is 20.8 Å². The van der Waals surface area contributed by atoms with Gasteiger partial charge in [0.25, 0.3) is 0 Å². The quantitative estimate of drug-likeness (QED) is 0.662. The summed E-state index contributed by atoms with van der Waals surface area (Å²) in [7, 11) is 0. The molecule has 9 heteroatoms. The molecule has 3 aromatic rings. The van der Waals surface area contributed by atoms with Crippen molar-refractivity contribution in [3.05, 3.63) is 48.0 Å². The number of aryl methyl sites for hydroxylation is 1. The molecule has 1 amide bonds. The number of rotatable bonds is 5. The Kier molecular flexibility index (Phi) is 5.16. The Hall–Kier alpha value is -3.07. The van der Waals surface area contributed by atoms with Crippen LogP contribution in [0, 0.1) is 6.92 Å². The number of amides is 1. The minimum absolute atomic E-state index is 0.153. The predicted octanol–water partition coefficient (Wildman–Crippen LogP) is 2.86. The van der Waals surface area contributed by atoms with Crippen LogP contribution in [0.15, 0.2) is 47.6 Å². The number of benzene rings is 2. The molecule has 1 aliphatic rings. The normalized spacial score (nSPS) is 13.8. The average molecular weight is 397 g/mol. The van der Waals surface area contributed by atoms with Gasteiger partial charge < -0.3 is 14.8 Å². The zero-order valence-electron chi connectivity index (χ0n) is 15.5. The van der Waals surface area contributed by atoms with Gasteiger partial charge in [-0.3, -0.25) is 4.79 Å². The second kappa shape index (κ2) is 7.89. The highest BCUT2D eigenvalue weighted by Crippen LogP contribution is 2.33. The third-order valence-corrected chi connectivity index (χ3v) is 5.21. The van der Waals surface area contributed by atoms with Crippen molar-refractivity contribution in [2.45, 2.75) is 24.3 Å². The number of tetrazole rings is 1. The molecule has 0 aliphatic carbocycles. The number of hydrogen-bond donors (Lipinski definition) is 1. The van der Waals surface area contributed by atoms with Gasteiger partial charge in [-0.25, -0.2) is 0 Å². The number of carbonyl (C=O) groups is 1. The number of nitrogens with one attached hydrogen (secondary N) is 1. The molecule has 8 nitrogen and oxygen atoms in total. The van der Waals surface area contributed by atoms with E-state index in [9.17, 15) is 4.79 Å². The van der Waals surface area contributed by atoms with Crippen LogP contribution in [0.2, 0.25) is 0 Å². The average Bonchev–Trinajstić information content (AvgIpc) is 3.16. The largest absolute Gasteiger partial charge is 0.486 e. The lowest BCUT2D eigenvalue weighted by molar-refractivity contribution is -0.115. The molecule has 0 radical (unpaired) electrons. The minimum atomic E-state index is -0.400. The molecular formula is C19H19N5O3S. The topological polar surface area (TPSA) is 91.2 Å². The van der Waals surface area contributed by atoms with Crippen molar-refractivity contribution in [2.75, 3.05) is 18.5 Å². The lowest BCUT2D eigenvalue weighted by Crippen LogP contribution is -2.23. The maximum absolute atomic E-state index is 12.6. The molecule has 0 saturated carbocycles. The molecule has 0 bridgehead atoms. The summed E-state index contributed by atoms with van der Waals surface area (Å²) < 4.78 is 12.7. The Morgan fingerprint density at radius 3 is 2.68 bits per heavy atom. The summed E-state index contributed by atoms with van der Waals surface area (Å²) >= 11 is 1.29. The molecule has 1 unspecified atom stereocenters. The predicted molar refractivity (Wildman–Crippen MR) is 105 cm³/mol. The number of aromatic nitrogens is 4. The number of nitrogens with zero attached hydrogens (tertiary/aromatic N) is 4. The van der Waals surface area contributed by atoms with Crippen LogP contribution < -0.4 is 14.8 Å². The van der Waals surface area contributed by atoms with Crippen LogP contribution in [0.25, 0.3) is 5.69 Å². The van der Waals surface area contributed by atoms with Crippen molar-refractivity contribution < 1.29 is 14.3 Å². The lowest BCUT2D eigenvalue weighted by Gasteiger charge is -2.19. The van der Waals surface area contributed by atoms with Crippen LogP contribution in [-0.4, -0.2) is 44.6 Å². The van der Waals surface area contributed by atoms with Gasteiger partial charge in [-0.1, -0.05) is 29.5 Å². The Balaban J connectivity index is 1.44. The fraction of sp³-hybridized carbons (Fsp3) is 0.263. The van der Waals surface area contributed by atoms with Gasteiger partial charge in [0.15, 0.2) is 11.5 Å². The van der Waals surface area contributed by atoms with Gasteiger partial charge in [0.05, 0.1) is 10.9 Å². The van der Waals surface area contributed by atoms with Gasteiger partial charge in [0.2, 0.25) is 11.1 Å². The number of hydrogen-bond acceptors (Lipinski definition) is 7. The maximum Gasteiger partial charge on any atom is 0.237 e. The number of carbonyl (C=O) groups excluding carboxylic acids is 1. The first kappa shape index (κ1) is 18.3. The van der Waals surface area contributed by atoms with Crippen molar-refractivity contribution in [1.82, 2.24) is 20.2 Å². The SMILES string of the molecule is Cc1ccc(-n2nnnc2SC(C)C(=O)Nc2ccc3c(c2)OCCO3)cc1. The highest BCUT2D eigenvalue weighted by atomic mass is 32.2. The van der Waals surface area contributed by atoms with Crippen molar-refractivity contribution in [2.24, 2.45) is 0 Å². The molecule has 144 valence electrons. The Labute approximate surface area is 166 Å². The second-order valence-corrected chi connectivity index (χ2v) is 7.62. The minimum Gasteiger partial charge on any atom is -0.486 e. The zero-order valence-corrected chi connectivity index (χ0v) is 16.3. The van der Waals surface area contributed by atoms with Crippen LogP contribution in [0.5, 0.6) is 11.5 Å². The monoisotopic (exact) mass is 397 g/mol. The lowest BCUT2D eigenvalue weighted by atomic mass is 10.2. The smallest absolute Gasteiger partial charge is 0.237 e. The van der Waals surface area contributed by atoms with E-state index >= 15 is 0 Å². The molecule has 0 fully saturated rings. The molecule has 4 rings (SSSR count). The number of anilines is 1. The summed E-state index contributed by atoms with van der Waals surface area (Å²) in [6.45, 7) is 4.86. The van der Waals surface area contributed by atoms with Crippen LogP contribution in [0.4, 0.5) is 5.69 Å². The van der Waals surface area contributed by atoms with Crippen molar-refractivity contribution in [1.29, 1.82) is 0 Å². The first-order chi connectivity index (χ1) is 13.6. The van der Waals surface area contributed by atoms with Gasteiger partial charge in [0, 0.05) is 11.8 Å². The summed E-state index contributed by atoms with van der Waals surface area (Å²) in [5.74, 6) is 1.16. The molecule has 2 aromatic carbocycles. The third-order valence-electron chi connectivity index (χ3n) is 4.18. The number of thioether (sulfide) groups is 1. The van der Waals surface area contributed by atoms with E-state index in [1.165, 1.54) is 11.8 Å². The number of ether oxygens (including phenoxy) is 2. The molecule has 1 aliphatic heterocycles. The van der Waals surface area contributed by atoms with E-state index in [0.29, 0.717) is 35.6 Å². The van der Waals surface area contributed by atoms with E-state index < -0.39 is 5.25 Å². The van der Waals surface area contributed by atoms with E-state index in [4.69, 9.17) is 9.47 Å². The second-order valence-electron chi connectivity index (χ2n) is 6.32. The van der Waals surface area contributed by atoms with Gasteiger partial charge in [-0.2, -0.15) is 4.68 Å². The maximum atomic E-state index is 12.6. The van der Waals surface area contributed by atoms with Crippen LogP contribution >= 0.6 is 11.8 Å². The van der Waals surface area contributed by atoms with Crippen molar-refractivity contribution >= 4 is 23.4 Å². The van der Waals surface area contributed by atoms with Gasteiger partial charge in [-0.15, -0.1) is 5.10 Å². The summed E-state index contributed by atoms with van der Waals surface area (Å²) in [6, 6.07) is 13.2. The Bertz CT molecular complexity index is 989. The van der Waals surface area contributed by atoms with Gasteiger partial charge in [-0.05, 0) is 48.5 Å². The van der Waals surface area contributed by atoms with E-state index in [1.807, 2.05) is 38.1 Å². The van der Waals surface area contributed by atoms with Crippen molar-refractivity contribution in [3.8, 4) is 17.2 Å². The highest BCUT2D eigenvalue weighted by molar-refractivity contribution is 8.00. The summed E-state index contributed by atoms with van der Waals surface area (Å²) in [4.78, 5) is 12.6. The zero-order chi connectivity index (χ0) is 19.5. The van der Waals surface area contributed by atoms with Gasteiger partial charge >= 0.3 is 0 Å². The Morgan fingerprint density at radius 2 is 1.89 bits per heavy atom. The summed E-state index contributed by atoms with van der Waals surface area (Å²) in [5.41, 5.74) is 2.65. The van der Waals surface area contributed by atoms with Crippen LogP contribution in [0.1, 0.15) is 12.5 Å². The standard InChI is InChI=1S/C19H19N5O3S/c1-12-3-6-15(7-4-12)24-19(21-22-23-24)28-13(2)18(25)20-14-5-8-16-17(11-14)27-10-9-26-16/h3-8,11,13H,9-10H2,1-2H3,(H,20,25). The molecule has 1 aromatic heterocycles. The summed E-state index contributed by atoms with van der Waals surface area (Å²) in [6.07, 6.45) is 0. The van der Waals surface area contributed by atoms with Crippen molar-refractivity contribution in [3.63, 3.8) is 0 Å². The first-order valence-electron chi connectivity index (χ1n) is 8.83. The highest BCUT2D eigenvalue weighted by Gasteiger charge is 2.20. The molecule has 0 spiro atoms. The molecule has 1 N–H and O–H groups in total. The molecule has 28 heavy (non-hydrogen) atoms. The molecule has 1 atom stereocenters. The molecule has 2 heterocycles. The first-order valence-corrected chi connectivity index (χ1v) is 9.71. The molecule has 0 saturated heterocycles. The number of fused-ring (bicyclic) bond motifs is 1. The van der Waals surface area contributed by atoms with Gasteiger partial charge in [0.1, 0.15) is 13.2 Å². The molecular weight excluding hydrogens is 378 g/mol. The third kappa shape index (κ3) is 3.94. The van der Waals surface area contributed by atoms with E-state index in [0.717, 1.165) is 11.3 Å². The fourth-order valence-electron chi connectivity index (χ4n) is 2.68. The van der Waals surface area contributed by atoms with E-state index in [-0.39, 0.29) is 5.91 Å². The Morgan fingerprint density at radius 1 is 1.14 bits per heavy atom.